The van der Waals surface area contributed by atoms with E-state index in [0.29, 0.717) is 6.54 Å². The zero-order chi connectivity index (χ0) is 13.6. The largest absolute Gasteiger partial charge is 0.316 e. The van der Waals surface area contributed by atoms with Crippen molar-refractivity contribution in [2.75, 3.05) is 13.1 Å². The first-order chi connectivity index (χ1) is 8.49. The van der Waals surface area contributed by atoms with Crippen LogP contribution in [0, 0.1) is 0 Å². The first-order valence-electron chi connectivity index (χ1n) is 6.12. The minimum atomic E-state index is -3.27. The zero-order valence-corrected chi connectivity index (χ0v) is 12.7. The summed E-state index contributed by atoms with van der Waals surface area (Å²) in [6, 6.07) is 0. The van der Waals surface area contributed by atoms with Gasteiger partial charge in [0.2, 0.25) is 10.0 Å². The molecule has 0 aliphatic rings. The zero-order valence-electron chi connectivity index (χ0n) is 11.1. The molecule has 0 bridgehead atoms. The molecule has 104 valence electrons. The molecule has 5 nitrogen and oxygen atoms in total. The van der Waals surface area contributed by atoms with Crippen molar-refractivity contribution in [3.63, 3.8) is 0 Å². The Hall–Kier alpha value is -0.500. The van der Waals surface area contributed by atoms with Crippen LogP contribution in [-0.2, 0) is 23.0 Å². The van der Waals surface area contributed by atoms with Crippen LogP contribution in [0.3, 0.4) is 0 Å². The second-order valence-electron chi connectivity index (χ2n) is 4.06. The van der Waals surface area contributed by atoms with Gasteiger partial charge in [-0.05, 0) is 19.9 Å². The highest BCUT2D eigenvalue weighted by Crippen LogP contribution is 2.13. The van der Waals surface area contributed by atoms with Crippen molar-refractivity contribution in [1.82, 2.24) is 15.0 Å². The summed E-state index contributed by atoms with van der Waals surface area (Å²) in [5.41, 5.74) is 0. The van der Waals surface area contributed by atoms with Gasteiger partial charge in [0.25, 0.3) is 0 Å². The monoisotopic (exact) mass is 291 g/mol. The van der Waals surface area contributed by atoms with Crippen LogP contribution in [0.2, 0.25) is 0 Å². The quantitative estimate of drug-likeness (QED) is 0.753. The molecule has 1 rings (SSSR count). The average Bonchev–Trinajstić information content (AvgIpc) is 2.81. The molecule has 0 aromatic carbocycles. The van der Waals surface area contributed by atoms with Gasteiger partial charge in [0.15, 0.2) is 0 Å². The summed E-state index contributed by atoms with van der Waals surface area (Å²) in [4.78, 5) is 5.36. The van der Waals surface area contributed by atoms with Gasteiger partial charge in [0.05, 0.1) is 11.8 Å². The summed E-state index contributed by atoms with van der Waals surface area (Å²) in [7, 11) is -3.27. The molecule has 1 aromatic heterocycles. The van der Waals surface area contributed by atoms with Crippen molar-refractivity contribution in [1.29, 1.82) is 0 Å². The number of hydrogen-bond donors (Lipinski definition) is 2. The fourth-order valence-corrected chi connectivity index (χ4v) is 3.21. The molecule has 1 aromatic rings. The second-order valence-corrected chi connectivity index (χ2v) is 7.44. The van der Waals surface area contributed by atoms with E-state index in [0.717, 1.165) is 18.0 Å². The summed E-state index contributed by atoms with van der Waals surface area (Å²) in [6.07, 6.45) is 2.73. The van der Waals surface area contributed by atoms with Crippen molar-refractivity contribution in [2.24, 2.45) is 0 Å². The van der Waals surface area contributed by atoms with Crippen LogP contribution in [0.25, 0.3) is 0 Å². The number of hydrogen-bond acceptors (Lipinski definition) is 5. The Morgan fingerprint density at radius 3 is 2.72 bits per heavy atom. The van der Waals surface area contributed by atoms with Crippen LogP contribution in [0.4, 0.5) is 0 Å². The van der Waals surface area contributed by atoms with Gasteiger partial charge < -0.3 is 5.32 Å². The predicted octanol–water partition coefficient (Wildman–Crippen LogP) is 1.12. The van der Waals surface area contributed by atoms with Gasteiger partial charge in [0.1, 0.15) is 5.01 Å². The fourth-order valence-electron chi connectivity index (χ4n) is 1.36. The van der Waals surface area contributed by atoms with E-state index in [1.54, 1.807) is 24.5 Å². The standard InChI is InChI=1S/C11H21N3O2S2/c1-4-10-7-13-11(17-10)8-14-18(15,16)9(3)6-12-5-2/h7,9,12,14H,4-6,8H2,1-3H3. The Balaban J connectivity index is 2.50. The predicted molar refractivity (Wildman–Crippen MR) is 75.3 cm³/mol. The molecule has 7 heteroatoms. The summed E-state index contributed by atoms with van der Waals surface area (Å²) in [5, 5.41) is 3.40. The number of nitrogens with zero attached hydrogens (tertiary/aromatic N) is 1. The fraction of sp³-hybridized carbons (Fsp3) is 0.727. The van der Waals surface area contributed by atoms with E-state index in [1.165, 1.54) is 4.88 Å². The summed E-state index contributed by atoms with van der Waals surface area (Å²) in [6.45, 7) is 7.22. The van der Waals surface area contributed by atoms with Crippen LogP contribution < -0.4 is 10.0 Å². The molecule has 0 radical (unpaired) electrons. The topological polar surface area (TPSA) is 71.1 Å². The molecule has 0 saturated heterocycles. The van der Waals surface area contributed by atoms with E-state index in [-0.39, 0.29) is 6.54 Å². The number of aromatic nitrogens is 1. The van der Waals surface area contributed by atoms with Crippen LogP contribution in [0.15, 0.2) is 6.20 Å². The summed E-state index contributed by atoms with van der Waals surface area (Å²) >= 11 is 1.55. The minimum Gasteiger partial charge on any atom is -0.316 e. The highest BCUT2D eigenvalue weighted by molar-refractivity contribution is 7.90. The highest BCUT2D eigenvalue weighted by atomic mass is 32.2. The van der Waals surface area contributed by atoms with Crippen LogP contribution in [0.5, 0.6) is 0 Å². The molecule has 0 aliphatic carbocycles. The minimum absolute atomic E-state index is 0.281. The molecule has 0 amide bonds. The lowest BCUT2D eigenvalue weighted by Gasteiger charge is -2.13. The SMILES string of the molecule is CCNCC(C)S(=O)(=O)NCc1ncc(CC)s1. The van der Waals surface area contributed by atoms with Crippen molar-refractivity contribution >= 4 is 21.4 Å². The second kappa shape index (κ2) is 7.18. The number of nitrogens with one attached hydrogen (secondary N) is 2. The van der Waals surface area contributed by atoms with E-state index in [1.807, 2.05) is 6.92 Å². The number of sulfonamides is 1. The molecule has 1 unspecified atom stereocenters. The molecule has 1 atom stereocenters. The molecule has 0 saturated carbocycles. The Kier molecular flexibility index (Phi) is 6.20. The van der Waals surface area contributed by atoms with E-state index in [4.69, 9.17) is 0 Å². The molecular weight excluding hydrogens is 270 g/mol. The van der Waals surface area contributed by atoms with Gasteiger partial charge >= 0.3 is 0 Å². The number of thiazole rings is 1. The Morgan fingerprint density at radius 2 is 2.17 bits per heavy atom. The maximum absolute atomic E-state index is 11.9. The van der Waals surface area contributed by atoms with Gasteiger partial charge in [-0.2, -0.15) is 0 Å². The molecular formula is C11H21N3O2S2. The summed E-state index contributed by atoms with van der Waals surface area (Å²) < 4.78 is 26.4. The maximum atomic E-state index is 11.9. The lowest BCUT2D eigenvalue weighted by molar-refractivity contribution is 0.559. The van der Waals surface area contributed by atoms with Gasteiger partial charge in [-0.25, -0.2) is 18.1 Å². The Labute approximate surface area is 113 Å². The smallest absolute Gasteiger partial charge is 0.215 e. The van der Waals surface area contributed by atoms with Crippen molar-refractivity contribution in [3.05, 3.63) is 16.1 Å². The van der Waals surface area contributed by atoms with E-state index in [2.05, 4.69) is 21.9 Å². The van der Waals surface area contributed by atoms with Crippen LogP contribution >= 0.6 is 11.3 Å². The lowest BCUT2D eigenvalue weighted by Crippen LogP contribution is -2.38. The molecule has 2 N–H and O–H groups in total. The number of aryl methyl sites for hydroxylation is 1. The van der Waals surface area contributed by atoms with E-state index < -0.39 is 15.3 Å². The van der Waals surface area contributed by atoms with Gasteiger partial charge in [-0.15, -0.1) is 11.3 Å². The molecule has 0 spiro atoms. The van der Waals surface area contributed by atoms with Crippen molar-refractivity contribution < 1.29 is 8.42 Å². The Morgan fingerprint density at radius 1 is 1.44 bits per heavy atom. The van der Waals surface area contributed by atoms with E-state index >= 15 is 0 Å². The maximum Gasteiger partial charge on any atom is 0.215 e. The normalized spacial score (nSPS) is 13.7. The first-order valence-corrected chi connectivity index (χ1v) is 8.48. The first kappa shape index (κ1) is 15.6. The van der Waals surface area contributed by atoms with Gasteiger partial charge in [-0.1, -0.05) is 13.8 Å². The van der Waals surface area contributed by atoms with Gasteiger partial charge in [0, 0.05) is 17.6 Å². The number of rotatable bonds is 8. The molecule has 0 fully saturated rings. The molecule has 18 heavy (non-hydrogen) atoms. The average molecular weight is 291 g/mol. The highest BCUT2D eigenvalue weighted by Gasteiger charge is 2.20. The third-order valence-electron chi connectivity index (χ3n) is 2.59. The lowest BCUT2D eigenvalue weighted by atomic mass is 10.4. The molecule has 1 heterocycles. The van der Waals surface area contributed by atoms with Crippen LogP contribution in [-0.4, -0.2) is 31.7 Å². The van der Waals surface area contributed by atoms with Crippen LogP contribution in [0.1, 0.15) is 30.7 Å². The van der Waals surface area contributed by atoms with E-state index in [9.17, 15) is 8.42 Å². The third-order valence-corrected chi connectivity index (χ3v) is 5.50. The van der Waals surface area contributed by atoms with Crippen molar-refractivity contribution in [2.45, 2.75) is 39.0 Å². The Bertz CT molecular complexity index is 457. The van der Waals surface area contributed by atoms with Gasteiger partial charge in [-0.3, -0.25) is 0 Å². The summed E-state index contributed by atoms with van der Waals surface area (Å²) in [5.74, 6) is 0. The molecule has 0 aliphatic heterocycles. The van der Waals surface area contributed by atoms with Crippen molar-refractivity contribution in [3.8, 4) is 0 Å². The third kappa shape index (κ3) is 4.64.